The maximum Gasteiger partial charge on any atom is 0.224 e. The molecule has 0 atom stereocenters. The number of nitrogens with zero attached hydrogens (tertiary/aromatic N) is 2. The number of hydrogen-bond donors (Lipinski definition) is 1. The third kappa shape index (κ3) is 4.20. The summed E-state index contributed by atoms with van der Waals surface area (Å²) >= 11 is 1.62. The van der Waals surface area contributed by atoms with Gasteiger partial charge < -0.3 is 10.2 Å². The highest BCUT2D eigenvalue weighted by atomic mass is 32.1. The van der Waals surface area contributed by atoms with E-state index < -0.39 is 0 Å². The maximum absolute atomic E-state index is 14.0. The Hall–Kier alpha value is -2.83. The van der Waals surface area contributed by atoms with Crippen LogP contribution in [0.3, 0.4) is 0 Å². The molecule has 0 saturated carbocycles. The number of likely N-dealkylation sites (N-methyl/N-ethyl adjacent to an activating group) is 1. The molecule has 1 aromatic heterocycles. The Kier molecular flexibility index (Phi) is 5.79. The number of benzene rings is 2. The molecule has 1 aliphatic carbocycles. The van der Waals surface area contributed by atoms with E-state index in [4.69, 9.17) is 4.98 Å². The van der Waals surface area contributed by atoms with Crippen molar-refractivity contribution in [2.45, 2.75) is 13.3 Å². The van der Waals surface area contributed by atoms with E-state index in [1.54, 1.807) is 17.4 Å². The first-order valence-corrected chi connectivity index (χ1v) is 10.7. The molecule has 4 nitrogen and oxygen atoms in total. The minimum atomic E-state index is -0.298. The number of nitrogens with one attached hydrogen (secondary N) is 1. The van der Waals surface area contributed by atoms with E-state index in [2.05, 4.69) is 11.4 Å². The van der Waals surface area contributed by atoms with Gasteiger partial charge in [-0.3, -0.25) is 4.79 Å². The summed E-state index contributed by atoms with van der Waals surface area (Å²) in [5, 5.41) is 3.85. The molecule has 30 heavy (non-hydrogen) atoms. The fraction of sp³-hybridized carbons (Fsp3) is 0.250. The minimum Gasteiger partial charge on any atom is -0.355 e. The molecule has 2 aromatic carbocycles. The summed E-state index contributed by atoms with van der Waals surface area (Å²) in [5.74, 6) is -0.351. The number of halogens is 1. The van der Waals surface area contributed by atoms with Crippen LogP contribution in [0.25, 0.3) is 27.4 Å². The number of carbonyl (C=O) groups is 1. The number of amides is 1. The zero-order chi connectivity index (χ0) is 21.3. The number of fused-ring (bicyclic) bond motifs is 2. The molecule has 1 amide bonds. The van der Waals surface area contributed by atoms with Crippen molar-refractivity contribution in [3.8, 4) is 0 Å². The second kappa shape index (κ2) is 8.50. The smallest absolute Gasteiger partial charge is 0.224 e. The maximum atomic E-state index is 14.0. The Morgan fingerprint density at radius 3 is 2.77 bits per heavy atom. The summed E-state index contributed by atoms with van der Waals surface area (Å²) in [6.45, 7) is 3.36. The number of rotatable bonds is 6. The van der Waals surface area contributed by atoms with Crippen LogP contribution in [0.5, 0.6) is 0 Å². The Balaban J connectivity index is 1.68. The highest BCUT2D eigenvalue weighted by Crippen LogP contribution is 2.44. The Morgan fingerprint density at radius 1 is 1.20 bits per heavy atom. The van der Waals surface area contributed by atoms with Gasteiger partial charge in [-0.2, -0.15) is 0 Å². The summed E-state index contributed by atoms with van der Waals surface area (Å²) in [5.41, 5.74) is 5.58. The second-order valence-electron chi connectivity index (χ2n) is 7.70. The average Bonchev–Trinajstić information content (AvgIpc) is 3.22. The van der Waals surface area contributed by atoms with Crippen molar-refractivity contribution < 1.29 is 9.18 Å². The molecule has 1 aliphatic rings. The molecule has 3 aromatic rings. The standard InChI is InChI=1S/C24H24FN3OS/c1-15-18(13-23(29)26-10-11-28(2)3)20-12-16(25)8-9-17(20)19(15)14-24-27-21-6-4-5-7-22(21)30-24/h4-9,12,14H,10-11,13H2,1-3H3,(H,26,29)/b19-14-. The number of allylic oxidation sites excluding steroid dienone is 2. The van der Waals surface area contributed by atoms with E-state index >= 15 is 0 Å². The summed E-state index contributed by atoms with van der Waals surface area (Å²) in [6, 6.07) is 12.8. The van der Waals surface area contributed by atoms with Crippen LogP contribution >= 0.6 is 11.3 Å². The molecular weight excluding hydrogens is 397 g/mol. The van der Waals surface area contributed by atoms with Gasteiger partial charge in [0.2, 0.25) is 5.91 Å². The zero-order valence-electron chi connectivity index (χ0n) is 17.3. The Labute approximate surface area is 179 Å². The topological polar surface area (TPSA) is 45.2 Å². The predicted molar refractivity (Wildman–Crippen MR) is 123 cm³/mol. The van der Waals surface area contributed by atoms with Gasteiger partial charge in [-0.25, -0.2) is 9.37 Å². The first-order valence-electron chi connectivity index (χ1n) is 9.91. The first kappa shape index (κ1) is 20.4. The summed E-state index contributed by atoms with van der Waals surface area (Å²) in [7, 11) is 3.93. The quantitative estimate of drug-likeness (QED) is 0.620. The van der Waals surface area contributed by atoms with Crippen molar-refractivity contribution in [3.63, 3.8) is 0 Å². The van der Waals surface area contributed by atoms with E-state index in [1.807, 2.05) is 50.2 Å². The SMILES string of the molecule is CC1=C(CC(=O)NCCN(C)C)c2cc(F)ccc2/C1=C\c1nc2ccccc2s1. The van der Waals surface area contributed by atoms with Crippen LogP contribution in [0.4, 0.5) is 4.39 Å². The molecule has 4 rings (SSSR count). The predicted octanol–water partition coefficient (Wildman–Crippen LogP) is 4.83. The van der Waals surface area contributed by atoms with Gasteiger partial charge in [0.25, 0.3) is 0 Å². The first-order chi connectivity index (χ1) is 14.4. The third-order valence-electron chi connectivity index (χ3n) is 5.25. The summed E-state index contributed by atoms with van der Waals surface area (Å²) < 4.78 is 15.2. The molecule has 0 aliphatic heterocycles. The lowest BCUT2D eigenvalue weighted by Crippen LogP contribution is -2.31. The van der Waals surface area contributed by atoms with Gasteiger partial charge >= 0.3 is 0 Å². The van der Waals surface area contributed by atoms with E-state index in [0.29, 0.717) is 6.54 Å². The lowest BCUT2D eigenvalue weighted by atomic mass is 10.0. The molecule has 0 unspecified atom stereocenters. The van der Waals surface area contributed by atoms with Gasteiger partial charge in [-0.15, -0.1) is 11.3 Å². The minimum absolute atomic E-state index is 0.0531. The normalized spacial score (nSPS) is 14.8. The lowest BCUT2D eigenvalue weighted by Gasteiger charge is -2.11. The average molecular weight is 422 g/mol. The summed E-state index contributed by atoms with van der Waals surface area (Å²) in [4.78, 5) is 19.2. The zero-order valence-corrected chi connectivity index (χ0v) is 18.1. The number of thiazole rings is 1. The molecule has 0 fully saturated rings. The van der Waals surface area contributed by atoms with Crippen molar-refractivity contribution in [3.05, 3.63) is 70.0 Å². The van der Waals surface area contributed by atoms with Gasteiger partial charge in [0.05, 0.1) is 16.6 Å². The van der Waals surface area contributed by atoms with Crippen LogP contribution < -0.4 is 5.32 Å². The van der Waals surface area contributed by atoms with Crippen LogP contribution in [-0.4, -0.2) is 43.0 Å². The van der Waals surface area contributed by atoms with E-state index in [1.165, 1.54) is 12.1 Å². The second-order valence-corrected chi connectivity index (χ2v) is 8.76. The van der Waals surface area contributed by atoms with Crippen LogP contribution in [0.1, 0.15) is 29.5 Å². The number of carbonyl (C=O) groups excluding carboxylic acids is 1. The van der Waals surface area contributed by atoms with Crippen molar-refractivity contribution in [1.29, 1.82) is 0 Å². The highest BCUT2D eigenvalue weighted by molar-refractivity contribution is 7.19. The van der Waals surface area contributed by atoms with E-state index in [-0.39, 0.29) is 18.1 Å². The molecule has 1 heterocycles. The van der Waals surface area contributed by atoms with Gasteiger partial charge in [0, 0.05) is 13.1 Å². The number of para-hydroxylation sites is 1. The summed E-state index contributed by atoms with van der Waals surface area (Å²) in [6.07, 6.45) is 2.28. The van der Waals surface area contributed by atoms with Gasteiger partial charge in [-0.1, -0.05) is 18.2 Å². The fourth-order valence-electron chi connectivity index (χ4n) is 3.70. The van der Waals surface area contributed by atoms with Crippen molar-refractivity contribution in [2.24, 2.45) is 0 Å². The highest BCUT2D eigenvalue weighted by Gasteiger charge is 2.26. The van der Waals surface area contributed by atoms with Crippen molar-refractivity contribution >= 4 is 44.7 Å². The van der Waals surface area contributed by atoms with Crippen LogP contribution in [0.15, 0.2) is 48.0 Å². The van der Waals surface area contributed by atoms with Crippen LogP contribution in [0.2, 0.25) is 0 Å². The van der Waals surface area contributed by atoms with Crippen molar-refractivity contribution in [2.75, 3.05) is 27.2 Å². The van der Waals surface area contributed by atoms with Crippen molar-refractivity contribution in [1.82, 2.24) is 15.2 Å². The molecular formula is C24H24FN3OS. The lowest BCUT2D eigenvalue weighted by molar-refractivity contribution is -0.120. The number of aromatic nitrogens is 1. The molecule has 0 spiro atoms. The molecule has 0 radical (unpaired) electrons. The van der Waals surface area contributed by atoms with Crippen LogP contribution in [-0.2, 0) is 4.79 Å². The molecule has 0 saturated heterocycles. The van der Waals surface area contributed by atoms with E-state index in [0.717, 1.165) is 49.6 Å². The molecule has 1 N–H and O–H groups in total. The molecule has 0 bridgehead atoms. The van der Waals surface area contributed by atoms with Gasteiger partial charge in [0.15, 0.2) is 0 Å². The third-order valence-corrected chi connectivity index (χ3v) is 6.23. The largest absolute Gasteiger partial charge is 0.355 e. The Morgan fingerprint density at radius 2 is 2.00 bits per heavy atom. The van der Waals surface area contributed by atoms with Gasteiger partial charge in [-0.05, 0) is 79.2 Å². The number of hydrogen-bond acceptors (Lipinski definition) is 4. The monoisotopic (exact) mass is 421 g/mol. The van der Waals surface area contributed by atoms with Crippen LogP contribution in [0, 0.1) is 5.82 Å². The molecule has 6 heteroatoms. The van der Waals surface area contributed by atoms with E-state index in [9.17, 15) is 9.18 Å². The fourth-order valence-corrected chi connectivity index (χ4v) is 4.61. The Bertz CT molecular complexity index is 1140. The van der Waals surface area contributed by atoms with Gasteiger partial charge in [0.1, 0.15) is 10.8 Å². The molecule has 154 valence electrons.